The van der Waals surface area contributed by atoms with Crippen molar-refractivity contribution in [2.24, 2.45) is 0 Å². The fourth-order valence-electron chi connectivity index (χ4n) is 3.61. The lowest BCUT2D eigenvalue weighted by Crippen LogP contribution is -2.44. The van der Waals surface area contributed by atoms with Gasteiger partial charge in [-0.2, -0.15) is 0 Å². The molecule has 0 radical (unpaired) electrons. The standard InChI is InChI=1S/C21H20Cl2N4O2/c22-16-5-3-4-15(12-16)21(8-10-29-11-9-21)14-24-20(28)18-13-27(26-25-18)19-7-2-1-6-17(19)23/h1-7,12-13H,8-11,14H2,(H,24,28). The number of nitrogens with one attached hydrogen (secondary N) is 1. The summed E-state index contributed by atoms with van der Waals surface area (Å²) in [6.45, 7) is 1.75. The van der Waals surface area contributed by atoms with E-state index in [1.807, 2.05) is 36.4 Å². The van der Waals surface area contributed by atoms with Gasteiger partial charge in [-0.15, -0.1) is 5.10 Å². The molecule has 2 aromatic carbocycles. The first-order valence-electron chi connectivity index (χ1n) is 9.37. The number of hydrogen-bond acceptors (Lipinski definition) is 4. The van der Waals surface area contributed by atoms with Crippen molar-refractivity contribution in [3.05, 3.63) is 76.0 Å². The van der Waals surface area contributed by atoms with Crippen LogP contribution in [-0.2, 0) is 10.2 Å². The van der Waals surface area contributed by atoms with Gasteiger partial charge >= 0.3 is 0 Å². The summed E-state index contributed by atoms with van der Waals surface area (Å²) in [5.74, 6) is -0.281. The third-order valence-electron chi connectivity index (χ3n) is 5.30. The molecule has 1 fully saturated rings. The van der Waals surface area contributed by atoms with Gasteiger partial charge in [0, 0.05) is 30.2 Å². The molecule has 0 spiro atoms. The SMILES string of the molecule is O=C(NCC1(c2cccc(Cl)c2)CCOCC1)c1cn(-c2ccccc2Cl)nn1. The minimum atomic E-state index is -0.281. The number of rotatable bonds is 5. The van der Waals surface area contributed by atoms with Gasteiger partial charge in [0.05, 0.1) is 16.9 Å². The predicted molar refractivity (Wildman–Crippen MR) is 112 cm³/mol. The molecule has 0 bridgehead atoms. The van der Waals surface area contributed by atoms with Crippen LogP contribution in [0, 0.1) is 0 Å². The second-order valence-corrected chi connectivity index (χ2v) is 7.93. The minimum Gasteiger partial charge on any atom is -0.381 e. The minimum absolute atomic E-state index is 0.225. The summed E-state index contributed by atoms with van der Waals surface area (Å²) in [4.78, 5) is 12.7. The summed E-state index contributed by atoms with van der Waals surface area (Å²) in [6, 6.07) is 15.1. The zero-order valence-electron chi connectivity index (χ0n) is 15.6. The van der Waals surface area contributed by atoms with E-state index in [0.29, 0.717) is 35.5 Å². The maximum atomic E-state index is 12.7. The fraction of sp³-hybridized carbons (Fsp3) is 0.286. The first kappa shape index (κ1) is 19.9. The first-order chi connectivity index (χ1) is 14.1. The van der Waals surface area contributed by atoms with E-state index < -0.39 is 0 Å². The van der Waals surface area contributed by atoms with Crippen LogP contribution in [-0.4, -0.2) is 40.7 Å². The van der Waals surface area contributed by atoms with Gasteiger partial charge in [0.15, 0.2) is 5.69 Å². The van der Waals surface area contributed by atoms with Gasteiger partial charge in [-0.3, -0.25) is 4.79 Å². The van der Waals surface area contributed by atoms with Crippen molar-refractivity contribution in [2.75, 3.05) is 19.8 Å². The number of nitrogens with zero attached hydrogens (tertiary/aromatic N) is 3. The normalized spacial score (nSPS) is 15.8. The first-order valence-corrected chi connectivity index (χ1v) is 10.1. The van der Waals surface area contributed by atoms with Crippen molar-refractivity contribution >= 4 is 29.1 Å². The maximum Gasteiger partial charge on any atom is 0.273 e. The van der Waals surface area contributed by atoms with Crippen molar-refractivity contribution in [1.82, 2.24) is 20.3 Å². The molecule has 4 rings (SSSR count). The van der Waals surface area contributed by atoms with Crippen molar-refractivity contribution in [3.63, 3.8) is 0 Å². The number of ether oxygens (including phenoxy) is 1. The van der Waals surface area contributed by atoms with E-state index in [1.165, 1.54) is 4.68 Å². The molecule has 3 aromatic rings. The number of hydrogen-bond donors (Lipinski definition) is 1. The Labute approximate surface area is 178 Å². The van der Waals surface area contributed by atoms with Gasteiger partial charge in [0.25, 0.3) is 5.91 Å². The summed E-state index contributed by atoms with van der Waals surface area (Å²) in [5, 5.41) is 12.3. The molecule has 0 unspecified atom stereocenters. The van der Waals surface area contributed by atoms with Crippen LogP contribution in [0.4, 0.5) is 0 Å². The van der Waals surface area contributed by atoms with E-state index in [4.69, 9.17) is 27.9 Å². The van der Waals surface area contributed by atoms with Gasteiger partial charge in [-0.25, -0.2) is 4.68 Å². The zero-order valence-corrected chi connectivity index (χ0v) is 17.2. The van der Waals surface area contributed by atoms with Crippen molar-refractivity contribution in [1.29, 1.82) is 0 Å². The lowest BCUT2D eigenvalue weighted by atomic mass is 9.74. The van der Waals surface area contributed by atoms with E-state index >= 15 is 0 Å². The summed E-state index contributed by atoms with van der Waals surface area (Å²) in [7, 11) is 0. The Balaban J connectivity index is 1.51. The Morgan fingerprint density at radius 1 is 1.14 bits per heavy atom. The Morgan fingerprint density at radius 2 is 1.93 bits per heavy atom. The van der Waals surface area contributed by atoms with E-state index in [-0.39, 0.29) is 17.0 Å². The molecule has 0 aliphatic carbocycles. The van der Waals surface area contributed by atoms with E-state index in [9.17, 15) is 4.79 Å². The smallest absolute Gasteiger partial charge is 0.273 e. The average Bonchev–Trinajstić information content (AvgIpc) is 3.23. The van der Waals surface area contributed by atoms with Crippen LogP contribution in [0.2, 0.25) is 10.0 Å². The van der Waals surface area contributed by atoms with Crippen LogP contribution in [0.5, 0.6) is 0 Å². The topological polar surface area (TPSA) is 69.0 Å². The Hall–Kier alpha value is -2.41. The number of carbonyl (C=O) groups excluding carboxylic acids is 1. The van der Waals surface area contributed by atoms with Crippen LogP contribution in [0.1, 0.15) is 28.9 Å². The number of amides is 1. The lowest BCUT2D eigenvalue weighted by Gasteiger charge is -2.38. The van der Waals surface area contributed by atoms with Gasteiger partial charge in [-0.05, 0) is 42.7 Å². The number of para-hydroxylation sites is 1. The zero-order chi connectivity index (χ0) is 20.3. The summed E-state index contributed by atoms with van der Waals surface area (Å²) < 4.78 is 7.05. The molecular formula is C21H20Cl2N4O2. The third-order valence-corrected chi connectivity index (χ3v) is 5.85. The number of aromatic nitrogens is 3. The molecule has 1 aliphatic heterocycles. The third kappa shape index (κ3) is 4.29. The van der Waals surface area contributed by atoms with Gasteiger partial charge < -0.3 is 10.1 Å². The highest BCUT2D eigenvalue weighted by molar-refractivity contribution is 6.32. The second kappa shape index (κ2) is 8.53. The van der Waals surface area contributed by atoms with Crippen LogP contribution < -0.4 is 5.32 Å². The molecule has 1 aromatic heterocycles. The number of halogens is 2. The highest BCUT2D eigenvalue weighted by atomic mass is 35.5. The van der Waals surface area contributed by atoms with E-state index in [2.05, 4.69) is 21.7 Å². The predicted octanol–water partition coefficient (Wildman–Crippen LogP) is 4.05. The molecule has 1 aliphatic rings. The molecule has 2 heterocycles. The van der Waals surface area contributed by atoms with Crippen LogP contribution in [0.15, 0.2) is 54.7 Å². The van der Waals surface area contributed by atoms with Crippen LogP contribution in [0.3, 0.4) is 0 Å². The number of benzene rings is 2. The second-order valence-electron chi connectivity index (χ2n) is 7.09. The van der Waals surface area contributed by atoms with Crippen molar-refractivity contribution in [3.8, 4) is 5.69 Å². The molecule has 0 atom stereocenters. The van der Waals surface area contributed by atoms with Crippen molar-refractivity contribution in [2.45, 2.75) is 18.3 Å². The Bertz CT molecular complexity index is 1020. The highest BCUT2D eigenvalue weighted by Crippen LogP contribution is 2.35. The molecule has 8 heteroatoms. The summed E-state index contributed by atoms with van der Waals surface area (Å²) in [5.41, 5.74) is 1.78. The molecule has 6 nitrogen and oxygen atoms in total. The quantitative estimate of drug-likeness (QED) is 0.662. The molecule has 0 saturated carbocycles. The average molecular weight is 431 g/mol. The highest BCUT2D eigenvalue weighted by Gasteiger charge is 2.35. The molecule has 150 valence electrons. The summed E-state index contributed by atoms with van der Waals surface area (Å²) in [6.07, 6.45) is 3.19. The molecule has 1 amide bonds. The fourth-order valence-corrected chi connectivity index (χ4v) is 4.02. The molecule has 1 saturated heterocycles. The molecular weight excluding hydrogens is 411 g/mol. The Morgan fingerprint density at radius 3 is 2.69 bits per heavy atom. The maximum absolute atomic E-state index is 12.7. The van der Waals surface area contributed by atoms with Crippen LogP contribution >= 0.6 is 23.2 Å². The van der Waals surface area contributed by atoms with E-state index in [0.717, 1.165) is 18.4 Å². The van der Waals surface area contributed by atoms with E-state index in [1.54, 1.807) is 12.3 Å². The largest absolute Gasteiger partial charge is 0.381 e. The monoisotopic (exact) mass is 430 g/mol. The van der Waals surface area contributed by atoms with Gasteiger partial charge in [-0.1, -0.05) is 52.7 Å². The Kier molecular flexibility index (Phi) is 5.85. The van der Waals surface area contributed by atoms with Crippen LogP contribution in [0.25, 0.3) is 5.69 Å². The molecule has 1 N–H and O–H groups in total. The van der Waals surface area contributed by atoms with Gasteiger partial charge in [0.1, 0.15) is 0 Å². The summed E-state index contributed by atoms with van der Waals surface area (Å²) >= 11 is 12.4. The number of carbonyl (C=O) groups is 1. The lowest BCUT2D eigenvalue weighted by molar-refractivity contribution is 0.0486. The molecule has 29 heavy (non-hydrogen) atoms. The van der Waals surface area contributed by atoms with Gasteiger partial charge in [0.2, 0.25) is 0 Å². The van der Waals surface area contributed by atoms with Crippen molar-refractivity contribution < 1.29 is 9.53 Å².